The van der Waals surface area contributed by atoms with Crippen molar-refractivity contribution in [3.63, 3.8) is 0 Å². The lowest BCUT2D eigenvalue weighted by molar-refractivity contribution is -0.140. The summed E-state index contributed by atoms with van der Waals surface area (Å²) >= 11 is 0. The summed E-state index contributed by atoms with van der Waals surface area (Å²) < 4.78 is 12.8. The minimum absolute atomic E-state index is 0.0514. The van der Waals surface area contributed by atoms with Gasteiger partial charge in [0.15, 0.2) is 0 Å². The van der Waals surface area contributed by atoms with Gasteiger partial charge in [-0.25, -0.2) is 4.39 Å². The van der Waals surface area contributed by atoms with E-state index >= 15 is 0 Å². The summed E-state index contributed by atoms with van der Waals surface area (Å²) in [6.45, 7) is 10.4. The number of halogens is 1. The fourth-order valence-electron chi connectivity index (χ4n) is 2.79. The van der Waals surface area contributed by atoms with E-state index in [4.69, 9.17) is 0 Å². The Balaban J connectivity index is 2.42. The molecular formula is C18H27FN2O2. The van der Waals surface area contributed by atoms with Crippen LogP contribution in [0.3, 0.4) is 0 Å². The maximum Gasteiger partial charge on any atom is 0.309 e. The number of hydrogen-bond acceptors (Lipinski definition) is 2. The maximum absolute atomic E-state index is 12.8. The standard InChI is InChI=1S/C18H27FN2O2/c1-17(2,3)12-18(4,5)21-16(23)15(22)20-11-10-13-6-8-14(19)9-7-13/h6-9H,10-12H2,1-5H3,(H,20,22)(H,21,23). The topological polar surface area (TPSA) is 58.2 Å². The molecule has 0 saturated carbocycles. The van der Waals surface area contributed by atoms with Crippen LogP contribution < -0.4 is 10.6 Å². The molecule has 0 radical (unpaired) electrons. The van der Waals surface area contributed by atoms with Crippen LogP contribution in [0.15, 0.2) is 24.3 Å². The Morgan fingerprint density at radius 1 is 1.00 bits per heavy atom. The number of carbonyl (C=O) groups is 2. The lowest BCUT2D eigenvalue weighted by Gasteiger charge is -2.33. The van der Waals surface area contributed by atoms with Crippen LogP contribution in [0.2, 0.25) is 0 Å². The Morgan fingerprint density at radius 2 is 1.57 bits per heavy atom. The molecule has 4 nitrogen and oxygen atoms in total. The monoisotopic (exact) mass is 322 g/mol. The summed E-state index contributed by atoms with van der Waals surface area (Å²) in [7, 11) is 0. The summed E-state index contributed by atoms with van der Waals surface area (Å²) in [5.41, 5.74) is 0.500. The van der Waals surface area contributed by atoms with Crippen molar-refractivity contribution in [2.24, 2.45) is 5.41 Å². The Bertz CT molecular complexity index is 545. The molecule has 0 aliphatic heterocycles. The van der Waals surface area contributed by atoms with E-state index in [1.807, 2.05) is 13.8 Å². The average Bonchev–Trinajstić information content (AvgIpc) is 2.37. The Hall–Kier alpha value is -1.91. The Labute approximate surface area is 137 Å². The fourth-order valence-corrected chi connectivity index (χ4v) is 2.79. The quantitative estimate of drug-likeness (QED) is 0.819. The number of benzene rings is 1. The van der Waals surface area contributed by atoms with Crippen LogP contribution in [-0.2, 0) is 16.0 Å². The first-order valence-corrected chi connectivity index (χ1v) is 7.83. The SMILES string of the molecule is CC(C)(C)CC(C)(C)NC(=O)C(=O)NCCc1ccc(F)cc1. The molecule has 0 spiro atoms. The largest absolute Gasteiger partial charge is 0.348 e. The molecule has 0 unspecified atom stereocenters. The van der Waals surface area contributed by atoms with E-state index in [0.29, 0.717) is 13.0 Å². The van der Waals surface area contributed by atoms with Gasteiger partial charge in [-0.1, -0.05) is 32.9 Å². The van der Waals surface area contributed by atoms with Crippen molar-refractivity contribution in [2.75, 3.05) is 6.54 Å². The third-order valence-corrected chi connectivity index (χ3v) is 3.24. The molecule has 2 N–H and O–H groups in total. The van der Waals surface area contributed by atoms with E-state index < -0.39 is 17.4 Å². The van der Waals surface area contributed by atoms with Gasteiger partial charge in [0.25, 0.3) is 0 Å². The molecule has 128 valence electrons. The average molecular weight is 322 g/mol. The van der Waals surface area contributed by atoms with Crippen molar-refractivity contribution in [3.05, 3.63) is 35.6 Å². The van der Waals surface area contributed by atoms with Crippen molar-refractivity contribution in [3.8, 4) is 0 Å². The van der Waals surface area contributed by atoms with E-state index in [9.17, 15) is 14.0 Å². The molecule has 0 saturated heterocycles. The summed E-state index contributed by atoms with van der Waals surface area (Å²) in [5, 5.41) is 5.35. The number of hydrogen-bond donors (Lipinski definition) is 2. The molecule has 0 aromatic heterocycles. The highest BCUT2D eigenvalue weighted by Crippen LogP contribution is 2.26. The summed E-state index contributed by atoms with van der Waals surface area (Å²) in [5.74, 6) is -1.56. The van der Waals surface area contributed by atoms with Crippen LogP contribution >= 0.6 is 0 Å². The second-order valence-corrected chi connectivity index (χ2v) is 7.71. The fraction of sp³-hybridized carbons (Fsp3) is 0.556. The highest BCUT2D eigenvalue weighted by Gasteiger charge is 2.28. The number of rotatable bonds is 5. The van der Waals surface area contributed by atoms with E-state index in [1.165, 1.54) is 12.1 Å². The molecule has 0 aliphatic rings. The third-order valence-electron chi connectivity index (χ3n) is 3.24. The van der Waals surface area contributed by atoms with Crippen molar-refractivity contribution in [1.29, 1.82) is 0 Å². The summed E-state index contributed by atoms with van der Waals surface area (Å²) in [4.78, 5) is 23.8. The van der Waals surface area contributed by atoms with E-state index in [0.717, 1.165) is 12.0 Å². The number of nitrogens with one attached hydrogen (secondary N) is 2. The molecule has 0 bridgehead atoms. The molecule has 0 atom stereocenters. The van der Waals surface area contributed by atoms with Crippen LogP contribution in [0, 0.1) is 11.2 Å². The van der Waals surface area contributed by atoms with Gasteiger partial charge in [-0.2, -0.15) is 0 Å². The van der Waals surface area contributed by atoms with Gasteiger partial charge < -0.3 is 10.6 Å². The summed E-state index contributed by atoms with van der Waals surface area (Å²) in [6, 6.07) is 6.07. The van der Waals surface area contributed by atoms with Gasteiger partial charge >= 0.3 is 11.8 Å². The first-order chi connectivity index (χ1) is 10.5. The molecule has 0 fully saturated rings. The van der Waals surface area contributed by atoms with E-state index in [1.54, 1.807) is 12.1 Å². The van der Waals surface area contributed by atoms with Crippen LogP contribution in [0.4, 0.5) is 4.39 Å². The third kappa shape index (κ3) is 7.77. The number of carbonyl (C=O) groups excluding carboxylic acids is 2. The smallest absolute Gasteiger partial charge is 0.309 e. The van der Waals surface area contributed by atoms with Gasteiger partial charge in [0.1, 0.15) is 5.82 Å². The number of amides is 2. The molecule has 1 rings (SSSR count). The molecule has 0 heterocycles. The lowest BCUT2D eigenvalue weighted by atomic mass is 9.82. The van der Waals surface area contributed by atoms with Crippen LogP contribution in [-0.4, -0.2) is 23.9 Å². The first kappa shape index (κ1) is 19.1. The van der Waals surface area contributed by atoms with Gasteiger partial charge in [-0.05, 0) is 49.8 Å². The normalized spacial score (nSPS) is 11.9. The van der Waals surface area contributed by atoms with Gasteiger partial charge in [-0.15, -0.1) is 0 Å². The van der Waals surface area contributed by atoms with Crippen molar-refractivity contribution < 1.29 is 14.0 Å². The minimum atomic E-state index is -0.644. The van der Waals surface area contributed by atoms with Gasteiger partial charge in [0.2, 0.25) is 0 Å². The molecule has 1 aromatic rings. The van der Waals surface area contributed by atoms with Crippen molar-refractivity contribution in [1.82, 2.24) is 10.6 Å². The molecule has 1 aromatic carbocycles. The van der Waals surface area contributed by atoms with Gasteiger partial charge in [0.05, 0.1) is 0 Å². The highest BCUT2D eigenvalue weighted by atomic mass is 19.1. The van der Waals surface area contributed by atoms with Crippen LogP contribution in [0.25, 0.3) is 0 Å². The predicted octanol–water partition coefficient (Wildman–Crippen LogP) is 2.82. The maximum atomic E-state index is 12.8. The molecule has 5 heteroatoms. The zero-order valence-corrected chi connectivity index (χ0v) is 14.6. The second-order valence-electron chi connectivity index (χ2n) is 7.71. The van der Waals surface area contributed by atoms with E-state index in [-0.39, 0.29) is 11.2 Å². The Kier molecular flexibility index (Phi) is 6.30. The summed E-state index contributed by atoms with van der Waals surface area (Å²) in [6.07, 6.45) is 1.30. The Morgan fingerprint density at radius 3 is 2.09 bits per heavy atom. The molecular weight excluding hydrogens is 295 g/mol. The second kappa shape index (κ2) is 7.57. The first-order valence-electron chi connectivity index (χ1n) is 7.83. The molecule has 23 heavy (non-hydrogen) atoms. The molecule has 2 amide bonds. The molecule has 0 aliphatic carbocycles. The van der Waals surface area contributed by atoms with Gasteiger partial charge in [-0.3, -0.25) is 9.59 Å². The van der Waals surface area contributed by atoms with Gasteiger partial charge in [0, 0.05) is 12.1 Å². The minimum Gasteiger partial charge on any atom is -0.348 e. The zero-order valence-electron chi connectivity index (χ0n) is 14.6. The predicted molar refractivity (Wildman–Crippen MR) is 89.4 cm³/mol. The van der Waals surface area contributed by atoms with Crippen LogP contribution in [0.5, 0.6) is 0 Å². The van der Waals surface area contributed by atoms with E-state index in [2.05, 4.69) is 31.4 Å². The van der Waals surface area contributed by atoms with Crippen molar-refractivity contribution in [2.45, 2.75) is 53.0 Å². The van der Waals surface area contributed by atoms with Crippen molar-refractivity contribution >= 4 is 11.8 Å². The lowest BCUT2D eigenvalue weighted by Crippen LogP contribution is -2.51. The zero-order chi connectivity index (χ0) is 17.7. The van der Waals surface area contributed by atoms with Crippen LogP contribution in [0.1, 0.15) is 46.6 Å². The highest BCUT2D eigenvalue weighted by molar-refractivity contribution is 6.35.